The predicted octanol–water partition coefficient (Wildman–Crippen LogP) is 4.26. The number of fused-ring (bicyclic) bond motifs is 1. The first-order valence-corrected chi connectivity index (χ1v) is 13.9. The first kappa shape index (κ1) is 26.1. The quantitative estimate of drug-likeness (QED) is 0.496. The van der Waals surface area contributed by atoms with E-state index in [4.69, 9.17) is 9.84 Å². The molecular formula is C29H39N7O2. The van der Waals surface area contributed by atoms with E-state index in [1.165, 1.54) is 37.7 Å². The Labute approximate surface area is 225 Å². The lowest BCUT2D eigenvalue weighted by Gasteiger charge is -2.39. The second kappa shape index (κ2) is 11.1. The summed E-state index contributed by atoms with van der Waals surface area (Å²) in [5.41, 5.74) is 7.97. The van der Waals surface area contributed by atoms with E-state index in [0.717, 1.165) is 34.9 Å². The molecule has 2 unspecified atom stereocenters. The zero-order valence-corrected chi connectivity index (χ0v) is 23.0. The summed E-state index contributed by atoms with van der Waals surface area (Å²) in [7, 11) is 1.96. The molecule has 9 nitrogen and oxygen atoms in total. The average Bonchev–Trinajstić information content (AvgIpc) is 3.51. The number of rotatable bonds is 9. The van der Waals surface area contributed by atoms with Crippen molar-refractivity contribution < 1.29 is 9.53 Å². The van der Waals surface area contributed by atoms with Crippen LogP contribution in [0.25, 0.3) is 0 Å². The van der Waals surface area contributed by atoms with Crippen LogP contribution in [0.4, 0.5) is 0 Å². The number of ether oxygens (including phenoxy) is 1. The molecular weight excluding hydrogens is 478 g/mol. The Morgan fingerprint density at radius 3 is 2.68 bits per heavy atom. The van der Waals surface area contributed by atoms with Crippen molar-refractivity contribution in [1.82, 2.24) is 30.8 Å². The summed E-state index contributed by atoms with van der Waals surface area (Å²) in [6, 6.07) is 8.60. The molecule has 1 aromatic heterocycles. The van der Waals surface area contributed by atoms with Gasteiger partial charge in [0.2, 0.25) is 0 Å². The van der Waals surface area contributed by atoms with Crippen molar-refractivity contribution in [3.63, 3.8) is 0 Å². The highest BCUT2D eigenvalue weighted by molar-refractivity contribution is 6.11. The molecule has 0 radical (unpaired) electrons. The number of carbonyl (C=O) groups excluding carboxylic acids is 1. The number of tetrazole rings is 1. The van der Waals surface area contributed by atoms with Crippen LogP contribution >= 0.6 is 0 Å². The lowest BCUT2D eigenvalue weighted by Crippen LogP contribution is -2.42. The third-order valence-corrected chi connectivity index (χ3v) is 8.37. The van der Waals surface area contributed by atoms with Gasteiger partial charge in [-0.3, -0.25) is 9.80 Å². The molecule has 2 aromatic rings. The van der Waals surface area contributed by atoms with Gasteiger partial charge in [0.1, 0.15) is 5.71 Å². The van der Waals surface area contributed by atoms with Gasteiger partial charge in [-0.25, -0.2) is 10.2 Å². The van der Waals surface area contributed by atoms with Gasteiger partial charge in [-0.15, -0.1) is 5.10 Å². The number of aromatic nitrogens is 4. The van der Waals surface area contributed by atoms with Crippen molar-refractivity contribution in [2.45, 2.75) is 77.7 Å². The van der Waals surface area contributed by atoms with E-state index in [-0.39, 0.29) is 18.3 Å². The lowest BCUT2D eigenvalue weighted by atomic mass is 9.64. The number of benzene rings is 1. The number of nitrogens with one attached hydrogen (secondary N) is 1. The van der Waals surface area contributed by atoms with Crippen LogP contribution in [0.5, 0.6) is 0 Å². The topological polar surface area (TPSA) is 97.5 Å². The molecule has 0 saturated heterocycles. The van der Waals surface area contributed by atoms with Crippen LogP contribution in [-0.2, 0) is 27.9 Å². The van der Waals surface area contributed by atoms with Crippen molar-refractivity contribution in [3.8, 4) is 0 Å². The van der Waals surface area contributed by atoms with Crippen LogP contribution in [0.2, 0.25) is 0 Å². The van der Waals surface area contributed by atoms with E-state index in [9.17, 15) is 4.79 Å². The number of hydrogen-bond donors (Lipinski definition) is 1. The first-order chi connectivity index (χ1) is 18.4. The van der Waals surface area contributed by atoms with E-state index in [1.54, 1.807) is 0 Å². The Hall–Kier alpha value is -3.49. The summed E-state index contributed by atoms with van der Waals surface area (Å²) in [5, 5.41) is 19.5. The maximum atomic E-state index is 12.9. The molecule has 2 atom stereocenters. The number of aryl methyl sites for hydroxylation is 1. The largest absolute Gasteiger partial charge is 0.466 e. The average molecular weight is 518 g/mol. The Morgan fingerprint density at radius 1 is 1.18 bits per heavy atom. The van der Waals surface area contributed by atoms with Gasteiger partial charge in [0.05, 0.1) is 24.1 Å². The van der Waals surface area contributed by atoms with E-state index >= 15 is 0 Å². The molecule has 0 bridgehead atoms. The minimum absolute atomic E-state index is 0.164. The fraction of sp³-hybridized carbons (Fsp3) is 0.552. The molecule has 1 saturated carbocycles. The van der Waals surface area contributed by atoms with Gasteiger partial charge >= 0.3 is 5.97 Å². The summed E-state index contributed by atoms with van der Waals surface area (Å²) in [5.74, 6) is 1.04. The van der Waals surface area contributed by atoms with Crippen LogP contribution < -0.4 is 5.53 Å². The standard InChI is InChI=1S/C29H39N7O2/c1-5-38-27(37)18-22(17-26-30-32-34-36(26)19-21-9-7-6-8-10-21)24-15-16-25-28(31-33-35(25)4)29(24,3)23-13-11-20(2)12-14-23/h11-16,21-22,33H,5-10,17-19H2,1-4H3. The highest BCUT2D eigenvalue weighted by Gasteiger charge is 2.46. The Balaban J connectivity index is 1.53. The minimum Gasteiger partial charge on any atom is -0.466 e. The van der Waals surface area contributed by atoms with Crippen LogP contribution in [0.1, 0.15) is 69.3 Å². The smallest absolute Gasteiger partial charge is 0.306 e. The Bertz CT molecular complexity index is 1240. The fourth-order valence-corrected chi connectivity index (χ4v) is 6.22. The van der Waals surface area contributed by atoms with E-state index in [1.807, 2.05) is 23.7 Å². The number of hydrogen-bond acceptors (Lipinski definition) is 8. The van der Waals surface area contributed by atoms with Crippen molar-refractivity contribution >= 4 is 11.7 Å². The van der Waals surface area contributed by atoms with Gasteiger partial charge in [0, 0.05) is 20.0 Å². The SMILES string of the molecule is CCOC(=O)CC(Cc1nnnn1CC1CCCCC1)C1=CC=C2C(=NNN2C)C1(C)c1ccc(C)cc1. The maximum absolute atomic E-state index is 12.9. The second-order valence-electron chi connectivity index (χ2n) is 11.0. The van der Waals surface area contributed by atoms with Crippen molar-refractivity contribution in [2.75, 3.05) is 13.7 Å². The van der Waals surface area contributed by atoms with E-state index < -0.39 is 5.41 Å². The number of allylic oxidation sites excluding steroid dienone is 4. The predicted molar refractivity (Wildman–Crippen MR) is 146 cm³/mol. The number of hydrazine groups is 1. The van der Waals surface area contributed by atoms with E-state index in [2.05, 4.69) is 71.3 Å². The highest BCUT2D eigenvalue weighted by Crippen LogP contribution is 2.45. The van der Waals surface area contributed by atoms with Gasteiger partial charge in [0.15, 0.2) is 5.82 Å². The van der Waals surface area contributed by atoms with Gasteiger partial charge in [0.25, 0.3) is 0 Å². The molecule has 3 aliphatic rings. The number of nitrogens with zero attached hydrogens (tertiary/aromatic N) is 6. The molecule has 2 heterocycles. The minimum atomic E-state index is -0.547. The molecule has 1 N–H and O–H groups in total. The molecule has 1 aromatic carbocycles. The monoisotopic (exact) mass is 517 g/mol. The number of hydrazone groups is 1. The molecule has 5 rings (SSSR count). The van der Waals surface area contributed by atoms with Gasteiger partial charge < -0.3 is 4.74 Å². The third-order valence-electron chi connectivity index (χ3n) is 8.37. The van der Waals surface area contributed by atoms with Gasteiger partial charge in [-0.05, 0) is 73.1 Å². The molecule has 38 heavy (non-hydrogen) atoms. The van der Waals surface area contributed by atoms with Crippen LogP contribution in [0.3, 0.4) is 0 Å². The normalized spacial score (nSPS) is 22.2. The van der Waals surface area contributed by atoms with Gasteiger partial charge in [-0.2, -0.15) is 5.10 Å². The Morgan fingerprint density at radius 2 is 1.95 bits per heavy atom. The van der Waals surface area contributed by atoms with Crippen LogP contribution in [0.15, 0.2) is 52.8 Å². The van der Waals surface area contributed by atoms with E-state index in [0.29, 0.717) is 18.9 Å². The zero-order chi connectivity index (χ0) is 26.7. The molecule has 0 spiro atoms. The van der Waals surface area contributed by atoms with Crippen molar-refractivity contribution in [2.24, 2.45) is 16.9 Å². The van der Waals surface area contributed by atoms with Crippen LogP contribution in [-0.4, -0.2) is 50.6 Å². The molecule has 1 fully saturated rings. The number of esters is 1. The summed E-state index contributed by atoms with van der Waals surface area (Å²) in [6.07, 6.45) is 11.3. The fourth-order valence-electron chi connectivity index (χ4n) is 6.22. The van der Waals surface area contributed by atoms with Crippen molar-refractivity contribution in [1.29, 1.82) is 0 Å². The second-order valence-corrected chi connectivity index (χ2v) is 11.0. The molecule has 0 amide bonds. The summed E-state index contributed by atoms with van der Waals surface area (Å²) in [6.45, 7) is 7.32. The molecule has 9 heteroatoms. The highest BCUT2D eigenvalue weighted by atomic mass is 16.5. The maximum Gasteiger partial charge on any atom is 0.306 e. The van der Waals surface area contributed by atoms with Crippen LogP contribution in [0, 0.1) is 18.8 Å². The first-order valence-electron chi connectivity index (χ1n) is 13.9. The lowest BCUT2D eigenvalue weighted by molar-refractivity contribution is -0.144. The molecule has 2 aliphatic carbocycles. The zero-order valence-electron chi connectivity index (χ0n) is 23.0. The molecule has 1 aliphatic heterocycles. The Kier molecular flexibility index (Phi) is 7.63. The summed E-state index contributed by atoms with van der Waals surface area (Å²) < 4.78 is 7.40. The summed E-state index contributed by atoms with van der Waals surface area (Å²) in [4.78, 5) is 12.9. The number of carbonyl (C=O) groups is 1. The van der Waals surface area contributed by atoms with Gasteiger partial charge in [-0.1, -0.05) is 55.2 Å². The summed E-state index contributed by atoms with van der Waals surface area (Å²) >= 11 is 0. The van der Waals surface area contributed by atoms with Crippen molar-refractivity contribution in [3.05, 3.63) is 64.6 Å². The third kappa shape index (κ3) is 5.11. The molecule has 202 valence electrons.